The molecule has 3 heteroatoms. The van der Waals surface area contributed by atoms with Crippen LogP contribution in [0.15, 0.2) is 30.3 Å². The number of anilines is 1. The topological polar surface area (TPSA) is 43.8 Å². The summed E-state index contributed by atoms with van der Waals surface area (Å²) in [5.74, 6) is 0. The van der Waals surface area contributed by atoms with Crippen molar-refractivity contribution in [1.82, 2.24) is 9.78 Å². The second kappa shape index (κ2) is 5.71. The highest BCUT2D eigenvalue weighted by Crippen LogP contribution is 2.10. The average Bonchev–Trinajstić information content (AvgIpc) is 2.80. The van der Waals surface area contributed by atoms with E-state index in [1.54, 1.807) is 0 Å². The summed E-state index contributed by atoms with van der Waals surface area (Å²) < 4.78 is 2.13. The van der Waals surface area contributed by atoms with Crippen LogP contribution in [0.1, 0.15) is 30.8 Å². The zero-order chi connectivity index (χ0) is 13.0. The molecule has 1 heterocycles. The maximum atomic E-state index is 5.68. The van der Waals surface area contributed by atoms with Crippen molar-refractivity contribution in [1.29, 1.82) is 0 Å². The molecule has 2 aromatic rings. The van der Waals surface area contributed by atoms with E-state index in [1.807, 2.05) is 12.1 Å². The third-order valence-corrected chi connectivity index (χ3v) is 3.23. The number of nitrogens with two attached hydrogens (primary N) is 1. The lowest BCUT2D eigenvalue weighted by Crippen LogP contribution is -2.07. The van der Waals surface area contributed by atoms with Gasteiger partial charge in [0.15, 0.2) is 0 Å². The van der Waals surface area contributed by atoms with Gasteiger partial charge in [0.05, 0.1) is 5.69 Å². The molecule has 1 aromatic carbocycles. The highest BCUT2D eigenvalue weighted by atomic mass is 15.3. The van der Waals surface area contributed by atoms with Gasteiger partial charge in [-0.15, -0.1) is 0 Å². The Bertz CT molecular complexity index is 497. The molecular formula is C15H21N3. The zero-order valence-corrected chi connectivity index (χ0v) is 11.2. The largest absolute Gasteiger partial charge is 0.399 e. The Morgan fingerprint density at radius 1 is 1.11 bits per heavy atom. The fourth-order valence-corrected chi connectivity index (χ4v) is 2.09. The number of hydrogen-bond donors (Lipinski definition) is 1. The van der Waals surface area contributed by atoms with Crippen LogP contribution in [0.3, 0.4) is 0 Å². The number of aromatic nitrogens is 2. The lowest BCUT2D eigenvalue weighted by Gasteiger charge is -2.06. The van der Waals surface area contributed by atoms with Gasteiger partial charge in [-0.2, -0.15) is 5.10 Å². The molecule has 3 nitrogen and oxygen atoms in total. The summed E-state index contributed by atoms with van der Waals surface area (Å²) in [6.45, 7) is 5.26. The molecule has 0 atom stereocenters. The molecule has 0 amide bonds. The van der Waals surface area contributed by atoms with Crippen molar-refractivity contribution in [3.05, 3.63) is 47.3 Å². The van der Waals surface area contributed by atoms with Crippen LogP contribution < -0.4 is 5.73 Å². The molecule has 0 bridgehead atoms. The zero-order valence-electron chi connectivity index (χ0n) is 11.2. The van der Waals surface area contributed by atoms with Crippen molar-refractivity contribution < 1.29 is 0 Å². The smallest absolute Gasteiger partial charge is 0.0624 e. The Hall–Kier alpha value is -1.77. The molecule has 0 spiro atoms. The highest BCUT2D eigenvalue weighted by molar-refractivity contribution is 5.39. The number of aryl methyl sites for hydroxylation is 4. The number of benzene rings is 1. The van der Waals surface area contributed by atoms with Crippen LogP contribution in [0.25, 0.3) is 0 Å². The minimum Gasteiger partial charge on any atom is -0.399 e. The molecule has 0 aliphatic heterocycles. The molecule has 0 radical (unpaired) electrons. The molecule has 1 aromatic heterocycles. The lowest BCUT2D eigenvalue weighted by atomic mass is 10.1. The summed E-state index contributed by atoms with van der Waals surface area (Å²) in [6.07, 6.45) is 3.04. The molecule has 2 rings (SSSR count). The van der Waals surface area contributed by atoms with Crippen LogP contribution in [0.5, 0.6) is 0 Å². The Kier molecular flexibility index (Phi) is 4.03. The van der Waals surface area contributed by atoms with E-state index < -0.39 is 0 Å². The predicted octanol–water partition coefficient (Wildman–Crippen LogP) is 2.83. The van der Waals surface area contributed by atoms with Crippen molar-refractivity contribution in [2.75, 3.05) is 5.73 Å². The SMILES string of the molecule is CCc1cc(CC)n(CCc2ccc(N)cc2)n1. The molecule has 0 saturated carbocycles. The van der Waals surface area contributed by atoms with Crippen LogP contribution in [-0.2, 0) is 25.8 Å². The van der Waals surface area contributed by atoms with Crippen molar-refractivity contribution in [3.63, 3.8) is 0 Å². The van der Waals surface area contributed by atoms with E-state index in [2.05, 4.69) is 41.8 Å². The Morgan fingerprint density at radius 2 is 1.83 bits per heavy atom. The first-order valence-electron chi connectivity index (χ1n) is 6.63. The van der Waals surface area contributed by atoms with Gasteiger partial charge in [-0.1, -0.05) is 26.0 Å². The average molecular weight is 243 g/mol. The highest BCUT2D eigenvalue weighted by Gasteiger charge is 2.05. The second-order valence-corrected chi connectivity index (χ2v) is 4.55. The quantitative estimate of drug-likeness (QED) is 0.821. The summed E-state index contributed by atoms with van der Waals surface area (Å²) in [6, 6.07) is 10.3. The fraction of sp³-hybridized carbons (Fsp3) is 0.400. The van der Waals surface area contributed by atoms with Gasteiger partial charge in [-0.05, 0) is 43.0 Å². The van der Waals surface area contributed by atoms with Crippen molar-refractivity contribution in [2.24, 2.45) is 0 Å². The van der Waals surface area contributed by atoms with Gasteiger partial charge in [0.25, 0.3) is 0 Å². The monoisotopic (exact) mass is 243 g/mol. The van der Waals surface area contributed by atoms with Crippen molar-refractivity contribution in [3.8, 4) is 0 Å². The molecule has 18 heavy (non-hydrogen) atoms. The third-order valence-electron chi connectivity index (χ3n) is 3.23. The molecule has 0 saturated heterocycles. The van der Waals surface area contributed by atoms with E-state index in [4.69, 9.17) is 5.73 Å². The molecule has 0 aliphatic carbocycles. The summed E-state index contributed by atoms with van der Waals surface area (Å²) in [7, 11) is 0. The molecule has 0 unspecified atom stereocenters. The minimum atomic E-state index is 0.820. The lowest BCUT2D eigenvalue weighted by molar-refractivity contribution is 0.581. The van der Waals surface area contributed by atoms with E-state index in [0.29, 0.717) is 0 Å². The van der Waals surface area contributed by atoms with Gasteiger partial charge >= 0.3 is 0 Å². The Labute approximate surface area is 109 Å². The van der Waals surface area contributed by atoms with Crippen molar-refractivity contribution in [2.45, 2.75) is 39.7 Å². The van der Waals surface area contributed by atoms with Gasteiger partial charge in [-0.3, -0.25) is 4.68 Å². The van der Waals surface area contributed by atoms with E-state index >= 15 is 0 Å². The summed E-state index contributed by atoms with van der Waals surface area (Å²) in [5, 5.41) is 4.62. The molecule has 2 N–H and O–H groups in total. The number of nitrogen functional groups attached to an aromatic ring is 1. The number of rotatable bonds is 5. The molecule has 0 aliphatic rings. The first kappa shape index (κ1) is 12.7. The Balaban J connectivity index is 2.05. The van der Waals surface area contributed by atoms with Crippen LogP contribution in [0.4, 0.5) is 5.69 Å². The van der Waals surface area contributed by atoms with Gasteiger partial charge in [0.1, 0.15) is 0 Å². The fourth-order valence-electron chi connectivity index (χ4n) is 2.09. The van der Waals surface area contributed by atoms with Crippen molar-refractivity contribution >= 4 is 5.69 Å². The summed E-state index contributed by atoms with van der Waals surface area (Å²) >= 11 is 0. The van der Waals surface area contributed by atoms with E-state index in [0.717, 1.165) is 31.5 Å². The standard InChI is InChI=1S/C15H21N3/c1-3-14-11-15(4-2)18(17-14)10-9-12-5-7-13(16)8-6-12/h5-8,11H,3-4,9-10,16H2,1-2H3. The predicted molar refractivity (Wildman–Crippen MR) is 75.5 cm³/mol. The van der Waals surface area contributed by atoms with E-state index in [1.165, 1.54) is 17.0 Å². The van der Waals surface area contributed by atoms with Gasteiger partial charge in [-0.25, -0.2) is 0 Å². The minimum absolute atomic E-state index is 0.820. The van der Waals surface area contributed by atoms with Crippen LogP contribution in [0.2, 0.25) is 0 Å². The first-order chi connectivity index (χ1) is 8.72. The van der Waals surface area contributed by atoms with E-state index in [9.17, 15) is 0 Å². The Morgan fingerprint density at radius 3 is 2.44 bits per heavy atom. The summed E-state index contributed by atoms with van der Waals surface area (Å²) in [4.78, 5) is 0. The maximum Gasteiger partial charge on any atom is 0.0624 e. The number of nitrogens with zero attached hydrogens (tertiary/aromatic N) is 2. The van der Waals surface area contributed by atoms with Gasteiger partial charge < -0.3 is 5.73 Å². The molecular weight excluding hydrogens is 222 g/mol. The first-order valence-corrected chi connectivity index (χ1v) is 6.63. The van der Waals surface area contributed by atoms with Crippen LogP contribution >= 0.6 is 0 Å². The van der Waals surface area contributed by atoms with Crippen LogP contribution in [-0.4, -0.2) is 9.78 Å². The normalized spacial score (nSPS) is 10.8. The molecule has 0 fully saturated rings. The van der Waals surface area contributed by atoms with E-state index in [-0.39, 0.29) is 0 Å². The maximum absolute atomic E-state index is 5.68. The van der Waals surface area contributed by atoms with Gasteiger partial charge in [0, 0.05) is 17.9 Å². The van der Waals surface area contributed by atoms with Crippen LogP contribution in [0, 0.1) is 0 Å². The third kappa shape index (κ3) is 2.92. The summed E-state index contributed by atoms with van der Waals surface area (Å²) in [5.41, 5.74) is 10.3. The van der Waals surface area contributed by atoms with Gasteiger partial charge in [0.2, 0.25) is 0 Å². The number of hydrogen-bond acceptors (Lipinski definition) is 2. The second-order valence-electron chi connectivity index (χ2n) is 4.55. The molecule has 96 valence electrons.